The fourth-order valence-electron chi connectivity index (χ4n) is 4.51. The van der Waals surface area contributed by atoms with Crippen molar-refractivity contribution in [1.29, 1.82) is 0 Å². The van der Waals surface area contributed by atoms with Crippen LogP contribution in [0.25, 0.3) is 0 Å². The second-order valence-corrected chi connectivity index (χ2v) is 10.5. The first-order valence-electron chi connectivity index (χ1n) is 9.36. The molecule has 1 heterocycles. The van der Waals surface area contributed by atoms with E-state index in [2.05, 4.69) is 30.7 Å². The van der Waals surface area contributed by atoms with Gasteiger partial charge in [-0.05, 0) is 70.5 Å². The van der Waals surface area contributed by atoms with Crippen LogP contribution in [0.2, 0.25) is 0 Å². The zero-order chi connectivity index (χ0) is 17.0. The van der Waals surface area contributed by atoms with E-state index < -0.39 is 9.84 Å². The molecule has 1 saturated carbocycles. The van der Waals surface area contributed by atoms with Gasteiger partial charge in [-0.25, -0.2) is 8.42 Å². The summed E-state index contributed by atoms with van der Waals surface area (Å²) in [4.78, 5) is 5.12. The Hall–Kier alpha value is -0.130. The highest BCUT2D eigenvalue weighted by Gasteiger charge is 2.29. The molecule has 1 aliphatic heterocycles. The molecule has 136 valence electrons. The lowest BCUT2D eigenvalue weighted by atomic mass is 9.85. The summed E-state index contributed by atoms with van der Waals surface area (Å²) < 4.78 is 22.8. The van der Waals surface area contributed by atoms with Gasteiger partial charge in [-0.1, -0.05) is 13.8 Å². The Morgan fingerprint density at radius 3 is 2.17 bits per heavy atom. The lowest BCUT2D eigenvalue weighted by Gasteiger charge is -2.42. The van der Waals surface area contributed by atoms with E-state index in [9.17, 15) is 8.42 Å². The Balaban J connectivity index is 1.73. The summed E-state index contributed by atoms with van der Waals surface area (Å²) in [6.07, 6.45) is 9.36. The van der Waals surface area contributed by atoms with Crippen LogP contribution in [-0.4, -0.2) is 69.0 Å². The number of nitrogens with zero attached hydrogens (tertiary/aromatic N) is 2. The SMILES string of the molecule is CC1CCC(N2CCC(N(C)C[C@H](C)CS(C)(=O)=O)CC2)CC1. The largest absolute Gasteiger partial charge is 0.303 e. The van der Waals surface area contributed by atoms with Crippen molar-refractivity contribution in [2.75, 3.05) is 38.7 Å². The van der Waals surface area contributed by atoms with Crippen LogP contribution >= 0.6 is 0 Å². The van der Waals surface area contributed by atoms with Gasteiger partial charge >= 0.3 is 0 Å². The maximum atomic E-state index is 11.4. The minimum Gasteiger partial charge on any atom is -0.303 e. The molecule has 0 spiro atoms. The van der Waals surface area contributed by atoms with Gasteiger partial charge in [0.1, 0.15) is 9.84 Å². The fourth-order valence-corrected chi connectivity index (χ4v) is 5.65. The van der Waals surface area contributed by atoms with E-state index in [-0.39, 0.29) is 5.92 Å². The standard InChI is InChI=1S/C18H36N2O2S/c1-15-5-7-18(8-6-15)20-11-9-17(10-12-20)19(3)13-16(2)14-23(4,21)22/h15-18H,5-14H2,1-4H3/t15?,16-,18?/m0/s1. The van der Waals surface area contributed by atoms with Crippen molar-refractivity contribution in [2.24, 2.45) is 11.8 Å². The lowest BCUT2D eigenvalue weighted by Crippen LogP contribution is -2.48. The Labute approximate surface area is 143 Å². The summed E-state index contributed by atoms with van der Waals surface area (Å²) in [7, 11) is -0.694. The van der Waals surface area contributed by atoms with E-state index >= 15 is 0 Å². The maximum absolute atomic E-state index is 11.4. The number of piperidine rings is 1. The van der Waals surface area contributed by atoms with Gasteiger partial charge in [-0.2, -0.15) is 0 Å². The third-order valence-electron chi connectivity index (χ3n) is 5.81. The normalized spacial score (nSPS) is 29.8. The minimum atomic E-state index is -2.86. The molecule has 0 aromatic rings. The van der Waals surface area contributed by atoms with Crippen molar-refractivity contribution in [3.63, 3.8) is 0 Å². The van der Waals surface area contributed by atoms with Gasteiger partial charge in [0.2, 0.25) is 0 Å². The van der Waals surface area contributed by atoms with Crippen molar-refractivity contribution in [1.82, 2.24) is 9.80 Å². The molecule has 1 saturated heterocycles. The first-order chi connectivity index (χ1) is 10.7. The Morgan fingerprint density at radius 2 is 1.65 bits per heavy atom. The maximum Gasteiger partial charge on any atom is 0.147 e. The molecule has 2 aliphatic rings. The first kappa shape index (κ1) is 19.2. The third kappa shape index (κ3) is 6.35. The van der Waals surface area contributed by atoms with Crippen LogP contribution in [0.1, 0.15) is 52.4 Å². The predicted molar refractivity (Wildman–Crippen MR) is 97.5 cm³/mol. The molecule has 0 aromatic carbocycles. The molecule has 2 fully saturated rings. The predicted octanol–water partition coefficient (Wildman–Crippen LogP) is 2.64. The zero-order valence-electron chi connectivity index (χ0n) is 15.5. The molecule has 0 amide bonds. The van der Waals surface area contributed by atoms with Crippen molar-refractivity contribution < 1.29 is 8.42 Å². The van der Waals surface area contributed by atoms with Gasteiger partial charge in [0, 0.05) is 24.9 Å². The van der Waals surface area contributed by atoms with E-state index in [1.807, 2.05) is 0 Å². The summed E-state index contributed by atoms with van der Waals surface area (Å²) >= 11 is 0. The molecule has 5 heteroatoms. The number of hydrogen-bond acceptors (Lipinski definition) is 4. The summed E-state index contributed by atoms with van der Waals surface area (Å²) in [6, 6.07) is 1.44. The topological polar surface area (TPSA) is 40.6 Å². The van der Waals surface area contributed by atoms with Crippen LogP contribution in [-0.2, 0) is 9.84 Å². The van der Waals surface area contributed by atoms with Crippen LogP contribution in [0.4, 0.5) is 0 Å². The molecule has 2 rings (SSSR count). The fraction of sp³-hybridized carbons (Fsp3) is 1.00. The van der Waals surface area contributed by atoms with Gasteiger partial charge in [0.25, 0.3) is 0 Å². The third-order valence-corrected chi connectivity index (χ3v) is 6.99. The van der Waals surface area contributed by atoms with Crippen LogP contribution in [0.15, 0.2) is 0 Å². The number of sulfone groups is 1. The van der Waals surface area contributed by atoms with Gasteiger partial charge in [0.15, 0.2) is 0 Å². The minimum absolute atomic E-state index is 0.216. The van der Waals surface area contributed by atoms with E-state index in [1.54, 1.807) is 0 Å². The molecule has 1 aliphatic carbocycles. The molecule has 1 atom stereocenters. The van der Waals surface area contributed by atoms with Crippen LogP contribution in [0.5, 0.6) is 0 Å². The van der Waals surface area contributed by atoms with E-state index in [0.29, 0.717) is 11.8 Å². The van der Waals surface area contributed by atoms with Crippen LogP contribution < -0.4 is 0 Å². The highest BCUT2D eigenvalue weighted by atomic mass is 32.2. The van der Waals surface area contributed by atoms with Crippen LogP contribution in [0, 0.1) is 11.8 Å². The Kier molecular flexibility index (Phi) is 6.93. The summed E-state index contributed by atoms with van der Waals surface area (Å²) in [5.41, 5.74) is 0. The molecule has 0 N–H and O–H groups in total. The summed E-state index contributed by atoms with van der Waals surface area (Å²) in [5, 5.41) is 0. The highest BCUT2D eigenvalue weighted by Crippen LogP contribution is 2.29. The molecule has 0 unspecified atom stereocenters. The average Bonchev–Trinajstić information content (AvgIpc) is 2.46. The zero-order valence-corrected chi connectivity index (χ0v) is 16.3. The molecule has 4 nitrogen and oxygen atoms in total. The Morgan fingerprint density at radius 1 is 1.09 bits per heavy atom. The van der Waals surface area contributed by atoms with Gasteiger partial charge < -0.3 is 9.80 Å². The van der Waals surface area contributed by atoms with Crippen molar-refractivity contribution >= 4 is 9.84 Å². The molecule has 0 aromatic heterocycles. The monoisotopic (exact) mass is 344 g/mol. The van der Waals surface area contributed by atoms with E-state index in [0.717, 1.165) is 18.5 Å². The summed E-state index contributed by atoms with van der Waals surface area (Å²) in [5.74, 6) is 1.44. The number of likely N-dealkylation sites (tertiary alicyclic amines) is 1. The van der Waals surface area contributed by atoms with Crippen LogP contribution in [0.3, 0.4) is 0 Å². The van der Waals surface area contributed by atoms with E-state index in [4.69, 9.17) is 0 Å². The van der Waals surface area contributed by atoms with Gasteiger partial charge in [-0.15, -0.1) is 0 Å². The second kappa shape index (κ2) is 8.30. The van der Waals surface area contributed by atoms with E-state index in [1.165, 1.54) is 57.9 Å². The summed E-state index contributed by atoms with van der Waals surface area (Å²) in [6.45, 7) is 7.76. The lowest BCUT2D eigenvalue weighted by molar-refractivity contribution is 0.0710. The molecule has 0 bridgehead atoms. The van der Waals surface area contributed by atoms with Gasteiger partial charge in [-0.3, -0.25) is 0 Å². The van der Waals surface area contributed by atoms with Crippen molar-refractivity contribution in [2.45, 2.75) is 64.5 Å². The van der Waals surface area contributed by atoms with Gasteiger partial charge in [0.05, 0.1) is 5.75 Å². The van der Waals surface area contributed by atoms with Crippen molar-refractivity contribution in [3.8, 4) is 0 Å². The molecule has 0 radical (unpaired) electrons. The number of hydrogen-bond donors (Lipinski definition) is 0. The quantitative estimate of drug-likeness (QED) is 0.743. The average molecular weight is 345 g/mol. The smallest absolute Gasteiger partial charge is 0.147 e. The van der Waals surface area contributed by atoms with Crippen molar-refractivity contribution in [3.05, 3.63) is 0 Å². The first-order valence-corrected chi connectivity index (χ1v) is 11.4. The highest BCUT2D eigenvalue weighted by molar-refractivity contribution is 7.90. The molecule has 23 heavy (non-hydrogen) atoms. The Bertz CT molecular complexity index is 450. The number of rotatable bonds is 6. The molecular weight excluding hydrogens is 308 g/mol. The second-order valence-electron chi connectivity index (χ2n) is 8.32. The molecular formula is C18H36N2O2S.